The van der Waals surface area contributed by atoms with Crippen LogP contribution in [0, 0.1) is 11.8 Å². The summed E-state index contributed by atoms with van der Waals surface area (Å²) >= 11 is 0. The quantitative estimate of drug-likeness (QED) is 0.633. The molecule has 0 amide bonds. The van der Waals surface area contributed by atoms with Gasteiger partial charge in [-0.15, -0.1) is 0 Å². The van der Waals surface area contributed by atoms with E-state index in [1.807, 2.05) is 6.20 Å². The summed E-state index contributed by atoms with van der Waals surface area (Å²) in [6.45, 7) is 4.51. The standard InChI is InChI=1S/C16H27N3/c1-3-13-7-8-15(18-11-13)10-16(19-17)14-6-4-5-12(2)9-14/h7-8,11-12,14,16,19H,3-6,9-10,17H2,1-2H3. The Morgan fingerprint density at radius 2 is 2.26 bits per heavy atom. The Bertz CT molecular complexity index is 374. The van der Waals surface area contributed by atoms with Gasteiger partial charge in [-0.2, -0.15) is 0 Å². The van der Waals surface area contributed by atoms with Crippen LogP contribution in [0.4, 0.5) is 0 Å². The molecule has 1 aliphatic carbocycles. The molecule has 0 saturated heterocycles. The molecule has 0 radical (unpaired) electrons. The first kappa shape index (κ1) is 14.5. The van der Waals surface area contributed by atoms with Crippen molar-refractivity contribution in [3.8, 4) is 0 Å². The fraction of sp³-hybridized carbons (Fsp3) is 0.688. The molecule has 1 saturated carbocycles. The summed E-state index contributed by atoms with van der Waals surface area (Å²) < 4.78 is 0. The van der Waals surface area contributed by atoms with Crippen molar-refractivity contribution >= 4 is 0 Å². The Kier molecular flexibility index (Phi) is 5.34. The molecule has 2 rings (SSSR count). The second kappa shape index (κ2) is 7.01. The van der Waals surface area contributed by atoms with Crippen LogP contribution in [0.3, 0.4) is 0 Å². The van der Waals surface area contributed by atoms with E-state index in [1.54, 1.807) is 0 Å². The van der Waals surface area contributed by atoms with Gasteiger partial charge >= 0.3 is 0 Å². The molecule has 0 spiro atoms. The third-order valence-corrected chi connectivity index (χ3v) is 4.48. The zero-order valence-electron chi connectivity index (χ0n) is 12.2. The topological polar surface area (TPSA) is 50.9 Å². The van der Waals surface area contributed by atoms with E-state index >= 15 is 0 Å². The molecule has 1 aromatic rings. The summed E-state index contributed by atoms with van der Waals surface area (Å²) in [7, 11) is 0. The maximum Gasteiger partial charge on any atom is 0.0419 e. The Morgan fingerprint density at radius 3 is 2.84 bits per heavy atom. The van der Waals surface area contributed by atoms with Crippen molar-refractivity contribution in [1.82, 2.24) is 10.4 Å². The van der Waals surface area contributed by atoms with Gasteiger partial charge in [0.2, 0.25) is 0 Å². The van der Waals surface area contributed by atoms with E-state index < -0.39 is 0 Å². The van der Waals surface area contributed by atoms with Crippen molar-refractivity contribution in [3.63, 3.8) is 0 Å². The number of nitrogens with zero attached hydrogens (tertiary/aromatic N) is 1. The molecule has 1 heterocycles. The van der Waals surface area contributed by atoms with Crippen LogP contribution in [-0.4, -0.2) is 11.0 Å². The van der Waals surface area contributed by atoms with Crippen LogP contribution >= 0.6 is 0 Å². The molecular formula is C16H27N3. The van der Waals surface area contributed by atoms with Crippen molar-refractivity contribution < 1.29 is 0 Å². The molecule has 3 atom stereocenters. The molecule has 3 unspecified atom stereocenters. The number of nitrogens with two attached hydrogens (primary N) is 1. The van der Waals surface area contributed by atoms with Crippen molar-refractivity contribution in [2.75, 3.05) is 0 Å². The van der Waals surface area contributed by atoms with Crippen LogP contribution in [0.5, 0.6) is 0 Å². The Labute approximate surface area is 117 Å². The lowest BCUT2D eigenvalue weighted by molar-refractivity contribution is 0.221. The number of hydrogen-bond donors (Lipinski definition) is 2. The largest absolute Gasteiger partial charge is 0.271 e. The van der Waals surface area contributed by atoms with E-state index in [2.05, 4.69) is 36.4 Å². The van der Waals surface area contributed by atoms with Gasteiger partial charge in [0.15, 0.2) is 0 Å². The van der Waals surface area contributed by atoms with Crippen LogP contribution < -0.4 is 11.3 Å². The van der Waals surface area contributed by atoms with Gasteiger partial charge in [0.05, 0.1) is 0 Å². The highest BCUT2D eigenvalue weighted by Crippen LogP contribution is 2.31. The third-order valence-electron chi connectivity index (χ3n) is 4.48. The maximum absolute atomic E-state index is 5.78. The predicted molar refractivity (Wildman–Crippen MR) is 79.6 cm³/mol. The molecule has 3 N–H and O–H groups in total. The lowest BCUT2D eigenvalue weighted by Crippen LogP contribution is -2.44. The summed E-state index contributed by atoms with van der Waals surface area (Å²) in [5.41, 5.74) is 5.48. The molecule has 0 aliphatic heterocycles. The van der Waals surface area contributed by atoms with Crippen LogP contribution in [0.25, 0.3) is 0 Å². The maximum atomic E-state index is 5.78. The summed E-state index contributed by atoms with van der Waals surface area (Å²) in [4.78, 5) is 4.56. The summed E-state index contributed by atoms with van der Waals surface area (Å²) in [6.07, 6.45) is 9.29. The van der Waals surface area contributed by atoms with E-state index in [0.717, 1.165) is 24.5 Å². The molecule has 0 bridgehead atoms. The fourth-order valence-electron chi connectivity index (χ4n) is 3.22. The number of pyridine rings is 1. The highest BCUT2D eigenvalue weighted by molar-refractivity contribution is 5.14. The second-order valence-corrected chi connectivity index (χ2v) is 6.02. The van der Waals surface area contributed by atoms with Gasteiger partial charge in [-0.1, -0.05) is 32.8 Å². The van der Waals surface area contributed by atoms with E-state index in [-0.39, 0.29) is 0 Å². The highest BCUT2D eigenvalue weighted by Gasteiger charge is 2.26. The number of hydrazine groups is 1. The Morgan fingerprint density at radius 1 is 1.42 bits per heavy atom. The number of rotatable bonds is 5. The van der Waals surface area contributed by atoms with Crippen molar-refractivity contribution in [3.05, 3.63) is 29.6 Å². The van der Waals surface area contributed by atoms with Crippen molar-refractivity contribution in [2.45, 2.75) is 58.4 Å². The van der Waals surface area contributed by atoms with Crippen molar-refractivity contribution in [2.24, 2.45) is 17.7 Å². The normalized spacial score (nSPS) is 25.2. The average molecular weight is 261 g/mol. The molecule has 106 valence electrons. The van der Waals surface area contributed by atoms with Crippen LogP contribution in [-0.2, 0) is 12.8 Å². The summed E-state index contributed by atoms with van der Waals surface area (Å²) in [6, 6.07) is 4.69. The molecule has 1 fully saturated rings. The Balaban J connectivity index is 1.97. The monoisotopic (exact) mass is 261 g/mol. The zero-order valence-corrected chi connectivity index (χ0v) is 12.2. The number of nitrogens with one attached hydrogen (secondary N) is 1. The van der Waals surface area contributed by atoms with E-state index in [0.29, 0.717) is 12.0 Å². The first-order valence-corrected chi connectivity index (χ1v) is 7.62. The molecule has 1 aliphatic rings. The molecule has 0 aromatic carbocycles. The number of aromatic nitrogens is 1. The molecule has 3 nitrogen and oxygen atoms in total. The molecule has 3 heteroatoms. The van der Waals surface area contributed by atoms with Gasteiger partial charge in [0, 0.05) is 24.4 Å². The van der Waals surface area contributed by atoms with Crippen molar-refractivity contribution in [1.29, 1.82) is 0 Å². The predicted octanol–water partition coefficient (Wildman–Crippen LogP) is 2.84. The molecular weight excluding hydrogens is 234 g/mol. The SMILES string of the molecule is CCc1ccc(CC(NN)C2CCCC(C)C2)nc1. The highest BCUT2D eigenvalue weighted by atomic mass is 15.2. The first-order valence-electron chi connectivity index (χ1n) is 7.62. The van der Waals surface area contributed by atoms with E-state index in [1.165, 1.54) is 31.2 Å². The van der Waals surface area contributed by atoms with E-state index in [4.69, 9.17) is 5.84 Å². The third kappa shape index (κ3) is 4.02. The van der Waals surface area contributed by atoms with Gasteiger partial charge in [-0.25, -0.2) is 0 Å². The van der Waals surface area contributed by atoms with Crippen LogP contribution in [0.1, 0.15) is 50.8 Å². The zero-order chi connectivity index (χ0) is 13.7. The first-order chi connectivity index (χ1) is 9.22. The lowest BCUT2D eigenvalue weighted by Gasteiger charge is -2.32. The lowest BCUT2D eigenvalue weighted by atomic mass is 9.77. The Hall–Kier alpha value is -0.930. The minimum absolute atomic E-state index is 0.364. The minimum Gasteiger partial charge on any atom is -0.271 e. The van der Waals surface area contributed by atoms with Crippen LogP contribution in [0.15, 0.2) is 18.3 Å². The van der Waals surface area contributed by atoms with Gasteiger partial charge in [0.1, 0.15) is 0 Å². The number of aryl methyl sites for hydroxylation is 1. The number of hydrogen-bond acceptors (Lipinski definition) is 3. The van der Waals surface area contributed by atoms with Gasteiger partial charge in [0.25, 0.3) is 0 Å². The molecule has 1 aromatic heterocycles. The summed E-state index contributed by atoms with van der Waals surface area (Å²) in [5, 5.41) is 0. The fourth-order valence-corrected chi connectivity index (χ4v) is 3.22. The molecule has 19 heavy (non-hydrogen) atoms. The smallest absolute Gasteiger partial charge is 0.0419 e. The second-order valence-electron chi connectivity index (χ2n) is 6.02. The van der Waals surface area contributed by atoms with Crippen LogP contribution in [0.2, 0.25) is 0 Å². The van der Waals surface area contributed by atoms with Gasteiger partial charge < -0.3 is 0 Å². The minimum atomic E-state index is 0.364. The van der Waals surface area contributed by atoms with Gasteiger partial charge in [-0.3, -0.25) is 16.3 Å². The van der Waals surface area contributed by atoms with E-state index in [9.17, 15) is 0 Å². The average Bonchev–Trinajstić information content (AvgIpc) is 2.45. The summed E-state index contributed by atoms with van der Waals surface area (Å²) in [5.74, 6) is 7.31. The van der Waals surface area contributed by atoms with Gasteiger partial charge in [-0.05, 0) is 42.7 Å².